The van der Waals surface area contributed by atoms with Crippen LogP contribution < -0.4 is 0 Å². The van der Waals surface area contributed by atoms with Gasteiger partial charge in [-0.25, -0.2) is 9.78 Å². The molecule has 0 aliphatic rings. The summed E-state index contributed by atoms with van der Waals surface area (Å²) in [6.45, 7) is 7.06. The number of carboxylic acid groups (broad SMARTS) is 1. The van der Waals surface area contributed by atoms with E-state index in [0.717, 1.165) is 32.1 Å². The Hall–Kier alpha value is -1.14. The molecular formula is C16H30O6. The van der Waals surface area contributed by atoms with E-state index in [0.29, 0.717) is 26.2 Å². The van der Waals surface area contributed by atoms with E-state index < -0.39 is 11.4 Å². The van der Waals surface area contributed by atoms with E-state index in [-0.39, 0.29) is 12.4 Å². The zero-order chi connectivity index (χ0) is 16.8. The Labute approximate surface area is 133 Å². The topological polar surface area (TPSA) is 82.1 Å². The van der Waals surface area contributed by atoms with Crippen molar-refractivity contribution in [3.8, 4) is 0 Å². The first-order valence-corrected chi connectivity index (χ1v) is 8.03. The predicted octanol–water partition coefficient (Wildman–Crippen LogP) is 3.34. The van der Waals surface area contributed by atoms with Crippen molar-refractivity contribution >= 4 is 11.9 Å². The zero-order valence-corrected chi connectivity index (χ0v) is 14.1. The third kappa shape index (κ3) is 11.5. The Morgan fingerprint density at radius 1 is 0.909 bits per heavy atom. The molecule has 1 N–H and O–H groups in total. The van der Waals surface area contributed by atoms with E-state index in [9.17, 15) is 9.59 Å². The number of hydrogen-bond donors (Lipinski definition) is 1. The van der Waals surface area contributed by atoms with Crippen LogP contribution in [0.3, 0.4) is 0 Å². The number of aliphatic carboxylic acids is 1. The van der Waals surface area contributed by atoms with Gasteiger partial charge in [-0.1, -0.05) is 13.3 Å². The molecule has 0 saturated carbocycles. The highest BCUT2D eigenvalue weighted by Gasteiger charge is 2.26. The summed E-state index contributed by atoms with van der Waals surface area (Å²) in [5.74, 6) is -0.922. The van der Waals surface area contributed by atoms with Crippen LogP contribution in [0.2, 0.25) is 0 Å². The Morgan fingerprint density at radius 3 is 2.00 bits per heavy atom. The van der Waals surface area contributed by atoms with Crippen LogP contribution in [0.1, 0.15) is 65.7 Å². The smallest absolute Gasteiger partial charge is 0.311 e. The van der Waals surface area contributed by atoms with E-state index in [1.54, 1.807) is 0 Å². The molecule has 0 aromatic carbocycles. The first-order chi connectivity index (χ1) is 10.4. The molecule has 0 aromatic rings. The van der Waals surface area contributed by atoms with Gasteiger partial charge < -0.3 is 9.84 Å². The summed E-state index contributed by atoms with van der Waals surface area (Å²) in [7, 11) is 0. The molecule has 130 valence electrons. The van der Waals surface area contributed by atoms with Gasteiger partial charge in [0, 0.05) is 6.42 Å². The quantitative estimate of drug-likeness (QED) is 0.229. The van der Waals surface area contributed by atoms with Gasteiger partial charge in [0.2, 0.25) is 0 Å². The molecule has 0 rings (SSSR count). The lowest BCUT2D eigenvalue weighted by molar-refractivity contribution is -0.295. The Balaban J connectivity index is 3.27. The standard InChI is InChI=1S/C16H30O6/c1-4-16(2,3)15(19)20-11-8-9-13-22-21-12-7-5-6-10-14(17)18/h4-13H2,1-3H3,(H,17,18). The van der Waals surface area contributed by atoms with Crippen molar-refractivity contribution in [3.05, 3.63) is 0 Å². The first kappa shape index (κ1) is 20.9. The van der Waals surface area contributed by atoms with Crippen molar-refractivity contribution in [2.24, 2.45) is 5.41 Å². The minimum absolute atomic E-state index is 0.159. The number of esters is 1. The highest BCUT2D eigenvalue weighted by atomic mass is 17.2. The zero-order valence-electron chi connectivity index (χ0n) is 14.1. The van der Waals surface area contributed by atoms with Crippen LogP contribution in [0.15, 0.2) is 0 Å². The van der Waals surface area contributed by atoms with Gasteiger partial charge in [0.25, 0.3) is 0 Å². The molecule has 0 bridgehead atoms. The van der Waals surface area contributed by atoms with Crippen LogP contribution in [-0.4, -0.2) is 36.9 Å². The van der Waals surface area contributed by atoms with Crippen molar-refractivity contribution < 1.29 is 29.2 Å². The van der Waals surface area contributed by atoms with Crippen LogP contribution >= 0.6 is 0 Å². The molecule has 6 nitrogen and oxygen atoms in total. The van der Waals surface area contributed by atoms with Gasteiger partial charge in [-0.15, -0.1) is 0 Å². The third-order valence-corrected chi connectivity index (χ3v) is 3.49. The predicted molar refractivity (Wildman–Crippen MR) is 82.3 cm³/mol. The fraction of sp³-hybridized carbons (Fsp3) is 0.875. The van der Waals surface area contributed by atoms with E-state index in [1.165, 1.54) is 0 Å². The van der Waals surface area contributed by atoms with Gasteiger partial charge in [-0.3, -0.25) is 9.59 Å². The molecule has 6 heteroatoms. The minimum Gasteiger partial charge on any atom is -0.481 e. The van der Waals surface area contributed by atoms with Gasteiger partial charge in [-0.2, -0.15) is 0 Å². The summed E-state index contributed by atoms with van der Waals surface area (Å²) in [6, 6.07) is 0. The number of carbonyl (C=O) groups excluding carboxylic acids is 1. The first-order valence-electron chi connectivity index (χ1n) is 8.03. The maximum absolute atomic E-state index is 11.7. The molecule has 22 heavy (non-hydrogen) atoms. The van der Waals surface area contributed by atoms with Crippen molar-refractivity contribution in [3.63, 3.8) is 0 Å². The molecule has 0 atom stereocenters. The molecule has 0 heterocycles. The van der Waals surface area contributed by atoms with Gasteiger partial charge >= 0.3 is 11.9 Å². The summed E-state index contributed by atoms with van der Waals surface area (Å²) in [5.41, 5.74) is -0.416. The molecule has 0 unspecified atom stereocenters. The summed E-state index contributed by atoms with van der Waals surface area (Å²) in [6.07, 6.45) is 4.74. The minimum atomic E-state index is -0.764. The van der Waals surface area contributed by atoms with Crippen molar-refractivity contribution in [1.29, 1.82) is 0 Å². The maximum Gasteiger partial charge on any atom is 0.311 e. The van der Waals surface area contributed by atoms with Gasteiger partial charge in [0.1, 0.15) is 0 Å². The molecule has 0 saturated heterocycles. The Bertz CT molecular complexity index is 314. The van der Waals surface area contributed by atoms with E-state index in [1.807, 2.05) is 20.8 Å². The fourth-order valence-corrected chi connectivity index (χ4v) is 1.50. The lowest BCUT2D eigenvalue weighted by Crippen LogP contribution is -2.26. The highest BCUT2D eigenvalue weighted by molar-refractivity contribution is 5.75. The average Bonchev–Trinajstić information content (AvgIpc) is 2.47. The summed E-state index contributed by atoms with van der Waals surface area (Å²) < 4.78 is 5.21. The molecule has 0 spiro atoms. The Kier molecular flexibility index (Phi) is 11.8. The van der Waals surface area contributed by atoms with Crippen molar-refractivity contribution in [2.45, 2.75) is 65.7 Å². The summed E-state index contributed by atoms with van der Waals surface area (Å²) in [4.78, 5) is 32.0. The molecule has 0 radical (unpaired) electrons. The second-order valence-corrected chi connectivity index (χ2v) is 5.93. The normalized spacial score (nSPS) is 11.4. The fourth-order valence-electron chi connectivity index (χ4n) is 1.50. The van der Waals surface area contributed by atoms with E-state index in [2.05, 4.69) is 0 Å². The van der Waals surface area contributed by atoms with Crippen molar-refractivity contribution in [1.82, 2.24) is 0 Å². The van der Waals surface area contributed by atoms with E-state index in [4.69, 9.17) is 19.6 Å². The molecule has 0 fully saturated rings. The number of hydrogen-bond acceptors (Lipinski definition) is 5. The van der Waals surface area contributed by atoms with Crippen LogP contribution in [-0.2, 0) is 24.1 Å². The molecule has 0 amide bonds. The largest absolute Gasteiger partial charge is 0.481 e. The molecule has 0 aromatic heterocycles. The number of carboxylic acids is 1. The highest BCUT2D eigenvalue weighted by Crippen LogP contribution is 2.21. The second kappa shape index (κ2) is 12.4. The number of unbranched alkanes of at least 4 members (excludes halogenated alkanes) is 3. The lowest BCUT2D eigenvalue weighted by Gasteiger charge is -2.20. The second-order valence-electron chi connectivity index (χ2n) is 5.93. The SMILES string of the molecule is CCC(C)(C)C(=O)OCCCCOOCCCCCC(=O)O. The maximum atomic E-state index is 11.7. The van der Waals surface area contributed by atoms with Crippen molar-refractivity contribution in [2.75, 3.05) is 19.8 Å². The summed E-state index contributed by atoms with van der Waals surface area (Å²) >= 11 is 0. The van der Waals surface area contributed by atoms with Crippen LogP contribution in [0.25, 0.3) is 0 Å². The van der Waals surface area contributed by atoms with Crippen LogP contribution in [0.4, 0.5) is 0 Å². The third-order valence-electron chi connectivity index (χ3n) is 3.49. The number of ether oxygens (including phenoxy) is 1. The molecular weight excluding hydrogens is 288 g/mol. The van der Waals surface area contributed by atoms with Gasteiger partial charge in [-0.05, 0) is 46.0 Å². The number of rotatable bonds is 14. The summed E-state index contributed by atoms with van der Waals surface area (Å²) in [5, 5.41) is 8.46. The van der Waals surface area contributed by atoms with E-state index >= 15 is 0 Å². The lowest BCUT2D eigenvalue weighted by atomic mass is 9.91. The van der Waals surface area contributed by atoms with Crippen LogP contribution in [0, 0.1) is 5.41 Å². The van der Waals surface area contributed by atoms with Gasteiger partial charge in [0.15, 0.2) is 0 Å². The average molecular weight is 318 g/mol. The monoisotopic (exact) mass is 318 g/mol. The van der Waals surface area contributed by atoms with Gasteiger partial charge in [0.05, 0.1) is 25.2 Å². The Morgan fingerprint density at radius 2 is 1.45 bits per heavy atom. The van der Waals surface area contributed by atoms with Crippen LogP contribution in [0.5, 0.6) is 0 Å². The molecule has 0 aliphatic heterocycles. The number of carbonyl (C=O) groups is 2. The molecule has 0 aliphatic carbocycles.